The van der Waals surface area contributed by atoms with E-state index in [0.717, 1.165) is 12.8 Å². The summed E-state index contributed by atoms with van der Waals surface area (Å²) in [6, 6.07) is -0.692. The van der Waals surface area contributed by atoms with Gasteiger partial charge in [-0.2, -0.15) is 4.98 Å². The number of aromatic nitrogens is 2. The molecule has 0 aromatic carbocycles. The first kappa shape index (κ1) is 12.1. The van der Waals surface area contributed by atoms with E-state index in [1.165, 1.54) is 6.39 Å². The number of carbonyl (C=O) groups is 2. The summed E-state index contributed by atoms with van der Waals surface area (Å²) < 4.78 is 4.68. The molecule has 1 aromatic rings. The molecule has 0 bridgehead atoms. The standard InChI is InChI=1S/C12H16N4O3/c1-2-8-11(17)15-5-3-4-9(15)12(18)16(8)6-10-13-7-19-14-10/h7-9H,2-6H2,1H3. The van der Waals surface area contributed by atoms with Gasteiger partial charge in [0.1, 0.15) is 12.1 Å². The number of carbonyl (C=O) groups excluding carboxylic acids is 2. The molecule has 7 heteroatoms. The van der Waals surface area contributed by atoms with Gasteiger partial charge in [0.2, 0.25) is 18.2 Å². The van der Waals surface area contributed by atoms with Crippen molar-refractivity contribution in [1.82, 2.24) is 19.9 Å². The van der Waals surface area contributed by atoms with E-state index >= 15 is 0 Å². The summed E-state index contributed by atoms with van der Waals surface area (Å²) in [6.07, 6.45) is 3.48. The number of hydrogen-bond donors (Lipinski definition) is 0. The highest BCUT2D eigenvalue weighted by Gasteiger charge is 2.47. The van der Waals surface area contributed by atoms with Crippen molar-refractivity contribution in [1.29, 1.82) is 0 Å². The van der Waals surface area contributed by atoms with Crippen molar-refractivity contribution >= 4 is 11.8 Å². The molecule has 2 aliphatic heterocycles. The Morgan fingerprint density at radius 3 is 2.95 bits per heavy atom. The second-order valence-electron chi connectivity index (χ2n) is 4.93. The van der Waals surface area contributed by atoms with Crippen molar-refractivity contribution in [2.45, 2.75) is 44.8 Å². The molecule has 0 N–H and O–H groups in total. The zero-order valence-electron chi connectivity index (χ0n) is 10.8. The van der Waals surface area contributed by atoms with Gasteiger partial charge in [0.15, 0.2) is 5.82 Å². The fraction of sp³-hybridized carbons (Fsp3) is 0.667. The topological polar surface area (TPSA) is 79.5 Å². The van der Waals surface area contributed by atoms with Gasteiger partial charge >= 0.3 is 0 Å². The number of hydrogen-bond acceptors (Lipinski definition) is 5. The van der Waals surface area contributed by atoms with Crippen LogP contribution in [0.5, 0.6) is 0 Å². The molecule has 0 saturated carbocycles. The van der Waals surface area contributed by atoms with Crippen LogP contribution in [0.15, 0.2) is 10.9 Å². The number of fused-ring (bicyclic) bond motifs is 1. The zero-order chi connectivity index (χ0) is 13.4. The molecule has 0 radical (unpaired) electrons. The molecule has 7 nitrogen and oxygen atoms in total. The Labute approximate surface area is 110 Å². The average molecular weight is 264 g/mol. The highest BCUT2D eigenvalue weighted by Crippen LogP contribution is 2.28. The van der Waals surface area contributed by atoms with Crippen molar-refractivity contribution in [3.63, 3.8) is 0 Å². The molecule has 3 heterocycles. The summed E-state index contributed by atoms with van der Waals surface area (Å²) in [5.74, 6) is 0.493. The van der Waals surface area contributed by atoms with Crippen LogP contribution >= 0.6 is 0 Å². The Balaban J connectivity index is 1.87. The lowest BCUT2D eigenvalue weighted by Crippen LogP contribution is -2.62. The van der Waals surface area contributed by atoms with Crippen molar-refractivity contribution in [2.24, 2.45) is 0 Å². The predicted molar refractivity (Wildman–Crippen MR) is 63.7 cm³/mol. The quantitative estimate of drug-likeness (QED) is 0.778. The predicted octanol–water partition coefficient (Wildman–Crippen LogP) is 0.181. The van der Waals surface area contributed by atoms with Crippen LogP contribution < -0.4 is 0 Å². The second kappa shape index (κ2) is 4.64. The lowest BCUT2D eigenvalue weighted by Gasteiger charge is -2.41. The third-order valence-electron chi connectivity index (χ3n) is 3.87. The van der Waals surface area contributed by atoms with Crippen LogP contribution in [0.3, 0.4) is 0 Å². The van der Waals surface area contributed by atoms with E-state index in [-0.39, 0.29) is 24.4 Å². The maximum atomic E-state index is 12.5. The second-order valence-corrected chi connectivity index (χ2v) is 4.93. The van der Waals surface area contributed by atoms with Crippen molar-refractivity contribution in [3.8, 4) is 0 Å². The Bertz CT molecular complexity index is 487. The van der Waals surface area contributed by atoms with Gasteiger partial charge in [-0.25, -0.2) is 0 Å². The molecule has 2 fully saturated rings. The largest absolute Gasteiger partial charge is 0.343 e. The first-order valence-electron chi connectivity index (χ1n) is 6.58. The number of amides is 2. The van der Waals surface area contributed by atoms with Gasteiger partial charge in [-0.15, -0.1) is 0 Å². The summed E-state index contributed by atoms with van der Waals surface area (Å²) >= 11 is 0. The molecule has 102 valence electrons. The fourth-order valence-electron chi connectivity index (χ4n) is 2.95. The molecule has 1 aromatic heterocycles. The Morgan fingerprint density at radius 2 is 2.26 bits per heavy atom. The molecule has 3 rings (SSSR count). The third kappa shape index (κ3) is 1.89. The normalized spacial score (nSPS) is 27.0. The van der Waals surface area contributed by atoms with Crippen molar-refractivity contribution in [2.75, 3.05) is 6.54 Å². The molecule has 19 heavy (non-hydrogen) atoms. The Kier molecular flexibility index (Phi) is 2.96. The third-order valence-corrected chi connectivity index (χ3v) is 3.87. The maximum Gasteiger partial charge on any atom is 0.246 e. The lowest BCUT2D eigenvalue weighted by molar-refractivity contribution is -0.160. The van der Waals surface area contributed by atoms with E-state index in [9.17, 15) is 9.59 Å². The van der Waals surface area contributed by atoms with Gasteiger partial charge in [0, 0.05) is 6.54 Å². The highest BCUT2D eigenvalue weighted by molar-refractivity contribution is 5.97. The van der Waals surface area contributed by atoms with E-state index in [0.29, 0.717) is 18.8 Å². The van der Waals surface area contributed by atoms with Crippen LogP contribution in [-0.4, -0.2) is 50.4 Å². The lowest BCUT2D eigenvalue weighted by atomic mass is 10.0. The number of nitrogens with zero attached hydrogens (tertiary/aromatic N) is 4. The zero-order valence-corrected chi connectivity index (χ0v) is 10.8. The number of piperazine rings is 1. The fourth-order valence-corrected chi connectivity index (χ4v) is 2.95. The monoisotopic (exact) mass is 264 g/mol. The van der Waals surface area contributed by atoms with Gasteiger partial charge in [0.25, 0.3) is 0 Å². The minimum Gasteiger partial charge on any atom is -0.343 e. The number of rotatable bonds is 3. The minimum absolute atomic E-state index is 0.00810. The minimum atomic E-state index is -0.402. The van der Waals surface area contributed by atoms with E-state index in [2.05, 4.69) is 14.7 Å². The molecular formula is C12H16N4O3. The van der Waals surface area contributed by atoms with Crippen LogP contribution in [0.4, 0.5) is 0 Å². The first-order chi connectivity index (χ1) is 9.22. The van der Waals surface area contributed by atoms with Gasteiger partial charge < -0.3 is 14.3 Å². The SMILES string of the molecule is CCC1C(=O)N2CCCC2C(=O)N1Cc1ncon1. The summed E-state index contributed by atoms with van der Waals surface area (Å²) in [5.41, 5.74) is 0. The highest BCUT2D eigenvalue weighted by atomic mass is 16.5. The average Bonchev–Trinajstić information content (AvgIpc) is 3.07. The van der Waals surface area contributed by atoms with Crippen molar-refractivity contribution in [3.05, 3.63) is 12.2 Å². The van der Waals surface area contributed by atoms with Crippen LogP contribution in [0.2, 0.25) is 0 Å². The maximum absolute atomic E-state index is 12.5. The Morgan fingerprint density at radius 1 is 1.42 bits per heavy atom. The molecule has 2 atom stereocenters. The molecular weight excluding hydrogens is 248 g/mol. The van der Waals surface area contributed by atoms with Crippen LogP contribution in [-0.2, 0) is 16.1 Å². The first-order valence-corrected chi connectivity index (χ1v) is 6.58. The van der Waals surface area contributed by atoms with Gasteiger partial charge in [-0.1, -0.05) is 12.1 Å². The summed E-state index contributed by atoms with van der Waals surface area (Å²) in [5, 5.41) is 3.72. The van der Waals surface area contributed by atoms with Crippen LogP contribution in [0, 0.1) is 0 Å². The molecule has 2 unspecified atom stereocenters. The molecule has 0 aliphatic carbocycles. The Hall–Kier alpha value is -1.92. The van der Waals surface area contributed by atoms with E-state index in [4.69, 9.17) is 0 Å². The molecule has 0 spiro atoms. The summed E-state index contributed by atoms with van der Waals surface area (Å²) in [4.78, 5) is 32.1. The smallest absolute Gasteiger partial charge is 0.246 e. The van der Waals surface area contributed by atoms with E-state index in [1.54, 1.807) is 9.80 Å². The van der Waals surface area contributed by atoms with Gasteiger partial charge in [-0.05, 0) is 19.3 Å². The summed E-state index contributed by atoms with van der Waals surface area (Å²) in [6.45, 7) is 2.85. The molecule has 2 saturated heterocycles. The molecule has 2 amide bonds. The van der Waals surface area contributed by atoms with Crippen LogP contribution in [0.1, 0.15) is 32.0 Å². The van der Waals surface area contributed by atoms with Gasteiger partial charge in [0.05, 0.1) is 6.54 Å². The van der Waals surface area contributed by atoms with Crippen LogP contribution in [0.25, 0.3) is 0 Å². The molecule has 2 aliphatic rings. The van der Waals surface area contributed by atoms with E-state index in [1.807, 2.05) is 6.92 Å². The van der Waals surface area contributed by atoms with E-state index < -0.39 is 6.04 Å². The summed E-state index contributed by atoms with van der Waals surface area (Å²) in [7, 11) is 0. The van der Waals surface area contributed by atoms with Crippen molar-refractivity contribution < 1.29 is 14.1 Å². The van der Waals surface area contributed by atoms with Gasteiger partial charge in [-0.3, -0.25) is 9.59 Å².